The molecule has 1 aromatic rings. The van der Waals surface area contributed by atoms with Crippen LogP contribution in [0, 0.1) is 0 Å². The van der Waals surface area contributed by atoms with Gasteiger partial charge in [-0.15, -0.1) is 11.3 Å². The number of rotatable bonds is 3. The SMILES string of the molecule is CC(=O)c1c(C(C)C)csc1C(C)C. The highest BCUT2D eigenvalue weighted by Crippen LogP contribution is 2.33. The molecule has 0 unspecified atom stereocenters. The molecule has 0 aromatic carbocycles. The maximum atomic E-state index is 11.6. The molecular formula is C12H18OS. The smallest absolute Gasteiger partial charge is 0.161 e. The van der Waals surface area contributed by atoms with Gasteiger partial charge in [0.25, 0.3) is 0 Å². The van der Waals surface area contributed by atoms with Gasteiger partial charge in [-0.25, -0.2) is 0 Å². The second-order valence-electron chi connectivity index (χ2n) is 4.30. The summed E-state index contributed by atoms with van der Waals surface area (Å²) in [6.07, 6.45) is 0. The average molecular weight is 210 g/mol. The highest BCUT2D eigenvalue weighted by molar-refractivity contribution is 7.10. The fourth-order valence-electron chi connectivity index (χ4n) is 1.61. The van der Waals surface area contributed by atoms with Gasteiger partial charge in [-0.3, -0.25) is 4.79 Å². The van der Waals surface area contributed by atoms with Crippen molar-refractivity contribution < 1.29 is 4.79 Å². The number of hydrogen-bond acceptors (Lipinski definition) is 2. The van der Waals surface area contributed by atoms with Gasteiger partial charge in [0.15, 0.2) is 5.78 Å². The van der Waals surface area contributed by atoms with E-state index in [4.69, 9.17) is 0 Å². The van der Waals surface area contributed by atoms with Gasteiger partial charge in [-0.05, 0) is 29.7 Å². The molecule has 0 aliphatic carbocycles. The van der Waals surface area contributed by atoms with Crippen LogP contribution in [-0.4, -0.2) is 5.78 Å². The monoisotopic (exact) mass is 210 g/mol. The number of carbonyl (C=O) groups is 1. The van der Waals surface area contributed by atoms with Crippen LogP contribution in [0.15, 0.2) is 5.38 Å². The Hall–Kier alpha value is -0.630. The zero-order valence-corrected chi connectivity index (χ0v) is 10.4. The van der Waals surface area contributed by atoms with E-state index < -0.39 is 0 Å². The average Bonchev–Trinajstić information content (AvgIpc) is 2.46. The molecule has 0 N–H and O–H groups in total. The Morgan fingerprint density at radius 3 is 2.14 bits per heavy atom. The highest BCUT2D eigenvalue weighted by Gasteiger charge is 2.19. The third-order valence-corrected chi connectivity index (χ3v) is 3.65. The fourth-order valence-corrected chi connectivity index (χ4v) is 2.91. The summed E-state index contributed by atoms with van der Waals surface area (Å²) in [6, 6.07) is 0. The van der Waals surface area contributed by atoms with Crippen LogP contribution in [-0.2, 0) is 0 Å². The molecule has 1 rings (SSSR count). The maximum absolute atomic E-state index is 11.6. The van der Waals surface area contributed by atoms with Crippen molar-refractivity contribution in [2.75, 3.05) is 0 Å². The first-order valence-corrected chi connectivity index (χ1v) is 5.95. The lowest BCUT2D eigenvalue weighted by molar-refractivity contribution is 0.101. The van der Waals surface area contributed by atoms with Crippen molar-refractivity contribution in [3.8, 4) is 0 Å². The number of Topliss-reactive ketones (excluding diaryl/α,β-unsaturated/α-hetero) is 1. The third-order valence-electron chi connectivity index (χ3n) is 2.35. The molecule has 0 spiro atoms. The zero-order valence-electron chi connectivity index (χ0n) is 9.55. The lowest BCUT2D eigenvalue weighted by atomic mass is 9.95. The van der Waals surface area contributed by atoms with Crippen molar-refractivity contribution in [3.05, 3.63) is 21.4 Å². The minimum atomic E-state index is 0.207. The third kappa shape index (κ3) is 2.06. The summed E-state index contributed by atoms with van der Waals surface area (Å²) >= 11 is 1.72. The molecule has 0 saturated carbocycles. The van der Waals surface area contributed by atoms with Crippen LogP contribution in [0.1, 0.15) is 67.3 Å². The van der Waals surface area contributed by atoms with Gasteiger partial charge in [0.1, 0.15) is 0 Å². The highest BCUT2D eigenvalue weighted by atomic mass is 32.1. The number of carbonyl (C=O) groups excluding carboxylic acids is 1. The van der Waals surface area contributed by atoms with Crippen LogP contribution in [0.25, 0.3) is 0 Å². The van der Waals surface area contributed by atoms with Gasteiger partial charge in [-0.1, -0.05) is 27.7 Å². The summed E-state index contributed by atoms with van der Waals surface area (Å²) in [5.74, 6) is 1.10. The normalized spacial score (nSPS) is 11.4. The second-order valence-corrected chi connectivity index (χ2v) is 5.21. The quantitative estimate of drug-likeness (QED) is 0.683. The largest absolute Gasteiger partial charge is 0.294 e. The molecule has 0 amide bonds. The molecule has 2 heteroatoms. The van der Waals surface area contributed by atoms with Crippen molar-refractivity contribution in [2.45, 2.75) is 46.5 Å². The van der Waals surface area contributed by atoms with E-state index in [1.165, 1.54) is 10.4 Å². The molecule has 1 heterocycles. The first-order valence-electron chi connectivity index (χ1n) is 5.07. The summed E-state index contributed by atoms with van der Waals surface area (Å²) < 4.78 is 0. The minimum Gasteiger partial charge on any atom is -0.294 e. The van der Waals surface area contributed by atoms with E-state index in [0.717, 1.165) is 5.56 Å². The molecule has 1 nitrogen and oxygen atoms in total. The van der Waals surface area contributed by atoms with Gasteiger partial charge in [-0.2, -0.15) is 0 Å². The van der Waals surface area contributed by atoms with Crippen molar-refractivity contribution in [2.24, 2.45) is 0 Å². The molecule has 78 valence electrons. The van der Waals surface area contributed by atoms with E-state index in [1.54, 1.807) is 18.3 Å². The van der Waals surface area contributed by atoms with E-state index in [9.17, 15) is 4.79 Å². The van der Waals surface area contributed by atoms with Crippen LogP contribution in [0.5, 0.6) is 0 Å². The van der Waals surface area contributed by atoms with Gasteiger partial charge in [0.05, 0.1) is 0 Å². The first kappa shape index (κ1) is 11.4. The van der Waals surface area contributed by atoms with E-state index in [-0.39, 0.29) is 5.78 Å². The molecule has 0 aliphatic rings. The Bertz CT molecular complexity index is 309. The number of ketones is 1. The Labute approximate surface area is 90.2 Å². The van der Waals surface area contributed by atoms with E-state index >= 15 is 0 Å². The lowest BCUT2D eigenvalue weighted by Gasteiger charge is -2.08. The molecule has 0 bridgehead atoms. The van der Waals surface area contributed by atoms with Crippen molar-refractivity contribution in [1.29, 1.82) is 0 Å². The van der Waals surface area contributed by atoms with Gasteiger partial charge < -0.3 is 0 Å². The molecule has 0 aliphatic heterocycles. The lowest BCUT2D eigenvalue weighted by Crippen LogP contribution is -2.02. The van der Waals surface area contributed by atoms with Crippen LogP contribution in [0.4, 0.5) is 0 Å². The summed E-state index contributed by atoms with van der Waals surface area (Å²) in [6.45, 7) is 10.2. The predicted molar refractivity (Wildman–Crippen MR) is 62.5 cm³/mol. The van der Waals surface area contributed by atoms with Gasteiger partial charge in [0.2, 0.25) is 0 Å². The summed E-state index contributed by atoms with van der Waals surface area (Å²) in [4.78, 5) is 12.8. The van der Waals surface area contributed by atoms with Crippen LogP contribution in [0.2, 0.25) is 0 Å². The summed E-state index contributed by atoms with van der Waals surface area (Å²) in [7, 11) is 0. The van der Waals surface area contributed by atoms with Crippen LogP contribution in [0.3, 0.4) is 0 Å². The summed E-state index contributed by atoms with van der Waals surface area (Å²) in [5.41, 5.74) is 2.19. The predicted octanol–water partition coefficient (Wildman–Crippen LogP) is 4.20. The van der Waals surface area contributed by atoms with E-state index in [2.05, 4.69) is 33.1 Å². The molecule has 14 heavy (non-hydrogen) atoms. The molecule has 1 aromatic heterocycles. The maximum Gasteiger partial charge on any atom is 0.161 e. The Kier molecular flexibility index (Phi) is 3.48. The number of hydrogen-bond donors (Lipinski definition) is 0. The molecule has 0 radical (unpaired) electrons. The fraction of sp³-hybridized carbons (Fsp3) is 0.583. The standard InChI is InChI=1S/C12H18OS/c1-7(2)10-6-14-12(8(3)4)11(10)9(5)13/h6-8H,1-5H3. The second kappa shape index (κ2) is 4.26. The van der Waals surface area contributed by atoms with E-state index in [1.807, 2.05) is 0 Å². The Morgan fingerprint density at radius 1 is 1.21 bits per heavy atom. The Balaban J connectivity index is 3.28. The van der Waals surface area contributed by atoms with Gasteiger partial charge >= 0.3 is 0 Å². The molecular weight excluding hydrogens is 192 g/mol. The Morgan fingerprint density at radius 2 is 1.79 bits per heavy atom. The van der Waals surface area contributed by atoms with Crippen molar-refractivity contribution in [1.82, 2.24) is 0 Å². The summed E-state index contributed by atoms with van der Waals surface area (Å²) in [5, 5.41) is 2.14. The van der Waals surface area contributed by atoms with Crippen LogP contribution >= 0.6 is 11.3 Å². The van der Waals surface area contributed by atoms with Gasteiger partial charge in [0, 0.05) is 10.4 Å². The molecule has 0 fully saturated rings. The van der Waals surface area contributed by atoms with E-state index in [0.29, 0.717) is 11.8 Å². The molecule has 0 saturated heterocycles. The minimum absolute atomic E-state index is 0.207. The topological polar surface area (TPSA) is 17.1 Å². The van der Waals surface area contributed by atoms with Crippen molar-refractivity contribution in [3.63, 3.8) is 0 Å². The van der Waals surface area contributed by atoms with Crippen molar-refractivity contribution >= 4 is 17.1 Å². The van der Waals surface area contributed by atoms with Crippen LogP contribution < -0.4 is 0 Å². The number of thiophene rings is 1. The zero-order chi connectivity index (χ0) is 10.9. The first-order chi connectivity index (χ1) is 6.45. The molecule has 0 atom stereocenters.